The van der Waals surface area contributed by atoms with Gasteiger partial charge in [0.05, 0.1) is 25.6 Å². The largest absolute Gasteiger partial charge is 1.00 e. The Morgan fingerprint density at radius 1 is 1.41 bits per heavy atom. The summed E-state index contributed by atoms with van der Waals surface area (Å²) in [5.41, 5.74) is 5.23. The molecule has 1 fully saturated rings. The number of hydrogen-bond donors (Lipinski definition) is 3. The molecule has 0 bridgehead atoms. The van der Waals surface area contributed by atoms with Gasteiger partial charge in [0.1, 0.15) is 12.4 Å². The summed E-state index contributed by atoms with van der Waals surface area (Å²) in [5.74, 6) is -0.741. The molecule has 1 aliphatic heterocycles. The minimum Gasteiger partial charge on any atom is -0.761 e. The van der Waals surface area contributed by atoms with Crippen molar-refractivity contribution in [2.45, 2.75) is 25.4 Å². The molecule has 0 aromatic carbocycles. The van der Waals surface area contributed by atoms with Crippen molar-refractivity contribution >= 4 is 24.9 Å². The average Bonchev–Trinajstić information content (AvgIpc) is 3.45. The summed E-state index contributed by atoms with van der Waals surface area (Å²) < 4.78 is 31.0. The Labute approximate surface area is 203 Å². The van der Waals surface area contributed by atoms with E-state index >= 15 is 0 Å². The molecule has 0 saturated carbocycles. The molecule has 1 saturated heterocycles. The Morgan fingerprint density at radius 3 is 2.88 bits per heavy atom. The number of nitrogen functional groups attached to an aromatic ring is 1. The van der Waals surface area contributed by atoms with Crippen LogP contribution in [0.25, 0.3) is 11.2 Å². The molecule has 32 heavy (non-hydrogen) atoms. The first-order valence-electron chi connectivity index (χ1n) is 9.39. The third-order valence-electron chi connectivity index (χ3n) is 4.94. The summed E-state index contributed by atoms with van der Waals surface area (Å²) in [4.78, 5) is 38.5. The van der Waals surface area contributed by atoms with Crippen LogP contribution in [0.5, 0.6) is 0 Å². The fourth-order valence-electron chi connectivity index (χ4n) is 3.41. The van der Waals surface area contributed by atoms with Crippen LogP contribution >= 0.6 is 7.75 Å². The molecule has 3 aromatic heterocycles. The molecule has 0 aliphatic carbocycles. The van der Waals surface area contributed by atoms with E-state index in [-0.39, 0.29) is 59.9 Å². The summed E-state index contributed by atoms with van der Waals surface area (Å²) in [6.45, 7) is 1.91. The van der Waals surface area contributed by atoms with Crippen molar-refractivity contribution in [1.29, 1.82) is 0 Å². The molecule has 0 amide bonds. The van der Waals surface area contributed by atoms with Crippen LogP contribution in [-0.4, -0.2) is 66.0 Å². The maximum Gasteiger partial charge on any atom is 1.00 e. The molecule has 16 heteroatoms. The van der Waals surface area contributed by atoms with Crippen LogP contribution in [-0.2, 0) is 18.6 Å². The van der Waals surface area contributed by atoms with Gasteiger partial charge in [0.15, 0.2) is 17.4 Å². The van der Waals surface area contributed by atoms with Gasteiger partial charge in [-0.1, -0.05) is 0 Å². The van der Waals surface area contributed by atoms with Crippen LogP contribution in [0.15, 0.2) is 29.8 Å². The van der Waals surface area contributed by atoms with Crippen molar-refractivity contribution in [3.05, 3.63) is 35.4 Å². The molecule has 1 unspecified atom stereocenters. The van der Waals surface area contributed by atoms with E-state index in [9.17, 15) is 19.4 Å². The quantitative estimate of drug-likeness (QED) is 0.210. The second-order valence-electron chi connectivity index (χ2n) is 6.86. The van der Waals surface area contributed by atoms with E-state index in [2.05, 4.69) is 19.9 Å². The van der Waals surface area contributed by atoms with E-state index in [1.165, 1.54) is 23.3 Å². The predicted molar refractivity (Wildman–Crippen MR) is 104 cm³/mol. The van der Waals surface area contributed by atoms with Crippen molar-refractivity contribution < 1.29 is 58.1 Å². The Hall–Kier alpha value is -1.61. The number of H-pyrrole nitrogens is 1. The number of rotatable bonds is 8. The maximum absolute atomic E-state index is 12.3. The second-order valence-corrected chi connectivity index (χ2v) is 8.52. The third kappa shape index (κ3) is 4.83. The zero-order chi connectivity index (χ0) is 22.2. The van der Waals surface area contributed by atoms with Gasteiger partial charge in [0.25, 0.3) is 5.56 Å². The Balaban J connectivity index is 0.00000289. The van der Waals surface area contributed by atoms with Crippen molar-refractivity contribution in [3.8, 4) is 0 Å². The standard InChI is InChI=1S/C16H22N7O7P.Na/c1-2-28-5-9-10(6-29-31(26,27)22-4-3-18-7-22)30-15(12(9)24)23-8-19-11-13(23)20-16(17)21-14(11)25;/h3-4,7-10,12,15,24H,2,5-6H2,1H3,(H,26,27)(H3,17,20,21,25);/q;+1/p-1/t9-,10-,12-,15-;/m1./s1. The number of nitrogens with zero attached hydrogens (tertiary/aromatic N) is 5. The van der Waals surface area contributed by atoms with Crippen LogP contribution in [0.3, 0.4) is 0 Å². The van der Waals surface area contributed by atoms with E-state index in [1.807, 2.05) is 0 Å². The molecular formula is C16H21N7NaO7P. The first kappa shape index (κ1) is 25.0. The van der Waals surface area contributed by atoms with Crippen LogP contribution in [0, 0.1) is 5.92 Å². The van der Waals surface area contributed by atoms with Crippen LogP contribution < -0.4 is 45.7 Å². The summed E-state index contributed by atoms with van der Waals surface area (Å²) in [6.07, 6.45) is 1.96. The number of nitrogens with one attached hydrogen (secondary N) is 1. The number of imidazole rings is 2. The number of aromatic nitrogens is 6. The van der Waals surface area contributed by atoms with Crippen LogP contribution in [0.4, 0.5) is 5.95 Å². The topological polar surface area (TPSA) is 195 Å². The van der Waals surface area contributed by atoms with Gasteiger partial charge in [0, 0.05) is 24.9 Å². The first-order chi connectivity index (χ1) is 14.8. The minimum absolute atomic E-state index is 0. The first-order valence-corrected chi connectivity index (χ1v) is 10.9. The molecule has 4 heterocycles. The molecule has 4 N–H and O–H groups in total. The molecule has 14 nitrogen and oxygen atoms in total. The van der Waals surface area contributed by atoms with E-state index in [0.717, 1.165) is 10.7 Å². The predicted octanol–water partition coefficient (Wildman–Crippen LogP) is -4.15. The number of aromatic amines is 1. The molecule has 1 aliphatic rings. The van der Waals surface area contributed by atoms with Gasteiger partial charge < -0.3 is 29.7 Å². The summed E-state index contributed by atoms with van der Waals surface area (Å²) in [7, 11) is -4.45. The van der Waals surface area contributed by atoms with Crippen molar-refractivity contribution in [3.63, 3.8) is 0 Å². The fourth-order valence-corrected chi connectivity index (χ4v) is 4.28. The van der Waals surface area contributed by atoms with Gasteiger partial charge in [-0.05, 0) is 6.92 Å². The Morgan fingerprint density at radius 2 is 2.19 bits per heavy atom. The van der Waals surface area contributed by atoms with Crippen LogP contribution in [0.2, 0.25) is 0 Å². The van der Waals surface area contributed by atoms with E-state index in [0.29, 0.717) is 6.61 Å². The number of fused-ring (bicyclic) bond motifs is 1. The molecular weight excluding hydrogens is 456 g/mol. The number of aliphatic hydroxyl groups excluding tert-OH is 1. The SMILES string of the molecule is CCOC[C@H]1[C@@H](O)[C@H](n2cnc3c(=O)[nH]c(N)nc32)O[C@@H]1COP(=O)([O-])n1ccnc1.[Na+]. The van der Waals surface area contributed by atoms with E-state index in [1.54, 1.807) is 6.92 Å². The maximum atomic E-state index is 12.3. The van der Waals surface area contributed by atoms with Gasteiger partial charge in [-0.2, -0.15) is 4.98 Å². The fraction of sp³-hybridized carbons (Fsp3) is 0.500. The van der Waals surface area contributed by atoms with E-state index < -0.39 is 37.7 Å². The smallest absolute Gasteiger partial charge is 0.761 e. The number of aliphatic hydroxyl groups is 1. The summed E-state index contributed by atoms with van der Waals surface area (Å²) in [6, 6.07) is 0. The minimum atomic E-state index is -4.45. The monoisotopic (exact) mass is 477 g/mol. The van der Waals surface area contributed by atoms with Gasteiger partial charge >= 0.3 is 29.6 Å². The third-order valence-corrected chi connectivity index (χ3v) is 6.21. The van der Waals surface area contributed by atoms with Crippen LogP contribution in [0.1, 0.15) is 13.2 Å². The Bertz CT molecular complexity index is 1150. The number of nitrogens with two attached hydrogens (primary N) is 1. The number of anilines is 1. The molecule has 4 rings (SSSR count). The normalized spacial score (nSPS) is 25.0. The second kappa shape index (κ2) is 10.1. The molecule has 168 valence electrons. The number of ether oxygens (including phenoxy) is 2. The number of hydrogen-bond acceptors (Lipinski definition) is 11. The van der Waals surface area contributed by atoms with Gasteiger partial charge in [-0.15, -0.1) is 0 Å². The molecule has 5 atom stereocenters. The zero-order valence-corrected chi connectivity index (χ0v) is 20.3. The Kier molecular flexibility index (Phi) is 7.91. The zero-order valence-electron chi connectivity index (χ0n) is 17.4. The van der Waals surface area contributed by atoms with Gasteiger partial charge in [-0.3, -0.25) is 23.2 Å². The summed E-state index contributed by atoms with van der Waals surface area (Å²) in [5, 5.41) is 10.9. The van der Waals surface area contributed by atoms with Gasteiger partial charge in [-0.25, -0.2) is 9.97 Å². The van der Waals surface area contributed by atoms with Crippen molar-refractivity contribution in [1.82, 2.24) is 28.8 Å². The average molecular weight is 477 g/mol. The van der Waals surface area contributed by atoms with Crippen molar-refractivity contribution in [2.24, 2.45) is 5.92 Å². The molecule has 0 radical (unpaired) electrons. The van der Waals surface area contributed by atoms with Gasteiger partial charge in [0.2, 0.25) is 13.7 Å². The summed E-state index contributed by atoms with van der Waals surface area (Å²) >= 11 is 0. The van der Waals surface area contributed by atoms with E-state index in [4.69, 9.17) is 19.7 Å². The molecule has 3 aromatic rings. The molecule has 0 spiro atoms. The van der Waals surface area contributed by atoms with Crippen molar-refractivity contribution in [2.75, 3.05) is 25.6 Å².